The Morgan fingerprint density at radius 1 is 1.07 bits per heavy atom. The second-order valence-corrected chi connectivity index (χ2v) is 6.62. The van der Waals surface area contributed by atoms with Gasteiger partial charge in [0.2, 0.25) is 11.8 Å². The Balaban J connectivity index is 1.34. The lowest BCUT2D eigenvalue weighted by Crippen LogP contribution is -2.07. The van der Waals surface area contributed by atoms with E-state index in [1.165, 1.54) is 6.08 Å². The maximum Gasteiger partial charge on any atom is 0.248 e. The highest BCUT2D eigenvalue weighted by molar-refractivity contribution is 7.10. The van der Waals surface area contributed by atoms with Crippen LogP contribution in [-0.2, 0) is 4.79 Å². The van der Waals surface area contributed by atoms with E-state index in [2.05, 4.69) is 20.6 Å². The first-order valence-corrected chi connectivity index (χ1v) is 9.28. The van der Waals surface area contributed by atoms with Crippen LogP contribution in [-0.4, -0.2) is 25.9 Å². The van der Waals surface area contributed by atoms with Crippen molar-refractivity contribution in [2.45, 2.75) is 0 Å². The van der Waals surface area contributed by atoms with Gasteiger partial charge in [-0.05, 0) is 53.9 Å². The normalized spacial score (nSPS) is 10.9. The van der Waals surface area contributed by atoms with Gasteiger partial charge in [-0.1, -0.05) is 6.07 Å². The third-order valence-corrected chi connectivity index (χ3v) is 4.49. The van der Waals surface area contributed by atoms with Crippen molar-refractivity contribution in [1.29, 1.82) is 0 Å². The highest BCUT2D eigenvalue weighted by Crippen LogP contribution is 2.21. The van der Waals surface area contributed by atoms with Gasteiger partial charge in [-0.3, -0.25) is 4.79 Å². The van der Waals surface area contributed by atoms with Crippen molar-refractivity contribution >= 4 is 29.0 Å². The van der Waals surface area contributed by atoms with Crippen LogP contribution in [0.4, 0.5) is 5.69 Å². The summed E-state index contributed by atoms with van der Waals surface area (Å²) < 4.78 is 7.29. The molecule has 0 aliphatic rings. The molecule has 0 aliphatic carbocycles. The number of thiophene rings is 1. The second-order valence-electron chi connectivity index (χ2n) is 5.64. The summed E-state index contributed by atoms with van der Waals surface area (Å²) in [6, 6.07) is 16.2. The zero-order valence-corrected chi connectivity index (χ0v) is 15.4. The van der Waals surface area contributed by atoms with Crippen LogP contribution >= 0.6 is 11.3 Å². The molecule has 28 heavy (non-hydrogen) atoms. The largest absolute Gasteiger partial charge is 0.438 e. The number of carbonyl (C=O) groups excluding carboxylic acids is 1. The van der Waals surface area contributed by atoms with Crippen molar-refractivity contribution in [1.82, 2.24) is 20.0 Å². The monoisotopic (exact) mass is 389 g/mol. The Bertz CT molecular complexity index is 1060. The van der Waals surface area contributed by atoms with Crippen LogP contribution in [0.2, 0.25) is 0 Å². The molecule has 138 valence electrons. The van der Waals surface area contributed by atoms with Gasteiger partial charge in [-0.15, -0.1) is 21.5 Å². The Hall–Kier alpha value is -3.78. The van der Waals surface area contributed by atoms with Crippen molar-refractivity contribution in [3.63, 3.8) is 0 Å². The number of hydrogen-bond acceptors (Lipinski definition) is 6. The lowest BCUT2D eigenvalue weighted by Gasteiger charge is -2.06. The van der Waals surface area contributed by atoms with Crippen LogP contribution in [0.25, 0.3) is 11.9 Å². The molecule has 7 nitrogen and oxygen atoms in total. The zero-order chi connectivity index (χ0) is 19.2. The minimum atomic E-state index is -0.192. The smallest absolute Gasteiger partial charge is 0.248 e. The van der Waals surface area contributed by atoms with E-state index in [9.17, 15) is 4.79 Å². The van der Waals surface area contributed by atoms with Gasteiger partial charge < -0.3 is 10.1 Å². The number of hydrogen-bond donors (Lipinski definition) is 1. The Morgan fingerprint density at radius 2 is 1.96 bits per heavy atom. The molecular formula is C20H15N5O2S. The van der Waals surface area contributed by atoms with E-state index in [-0.39, 0.29) is 5.91 Å². The molecule has 1 N–H and O–H groups in total. The minimum absolute atomic E-state index is 0.192. The topological polar surface area (TPSA) is 81.9 Å². The molecule has 0 atom stereocenters. The standard InChI is InChI=1S/C20H15N5O2S/c26-19(10-8-17-3-1-14-28-17)22-15-4-6-16(7-5-15)27-20-11-9-18(23-24-20)25-13-2-12-21-25/h1-14H,(H,22,26)/b10-8+. The second kappa shape index (κ2) is 8.28. The summed E-state index contributed by atoms with van der Waals surface area (Å²) in [7, 11) is 0. The van der Waals surface area contributed by atoms with E-state index in [4.69, 9.17) is 4.74 Å². The number of amides is 1. The maximum absolute atomic E-state index is 12.0. The Labute approximate surface area is 164 Å². The number of benzene rings is 1. The van der Waals surface area contributed by atoms with E-state index >= 15 is 0 Å². The van der Waals surface area contributed by atoms with E-state index < -0.39 is 0 Å². The summed E-state index contributed by atoms with van der Waals surface area (Å²) in [5.74, 6) is 1.37. The van der Waals surface area contributed by atoms with Crippen molar-refractivity contribution in [3.05, 3.63) is 83.3 Å². The first kappa shape index (κ1) is 17.6. The first-order chi connectivity index (χ1) is 13.8. The summed E-state index contributed by atoms with van der Waals surface area (Å²) in [5.41, 5.74) is 0.674. The van der Waals surface area contributed by atoms with E-state index in [0.29, 0.717) is 23.1 Å². The lowest BCUT2D eigenvalue weighted by molar-refractivity contribution is -0.111. The molecule has 3 heterocycles. The molecule has 0 saturated carbocycles. The third-order valence-electron chi connectivity index (χ3n) is 3.65. The van der Waals surface area contributed by atoms with Gasteiger partial charge in [-0.25, -0.2) is 4.68 Å². The summed E-state index contributed by atoms with van der Waals surface area (Å²) in [6.07, 6.45) is 6.74. The number of ether oxygens (including phenoxy) is 1. The number of rotatable bonds is 6. The van der Waals surface area contributed by atoms with Gasteiger partial charge >= 0.3 is 0 Å². The fourth-order valence-electron chi connectivity index (χ4n) is 2.35. The fraction of sp³-hybridized carbons (Fsp3) is 0. The summed E-state index contributed by atoms with van der Waals surface area (Å²) in [4.78, 5) is 13.0. The van der Waals surface area contributed by atoms with Gasteiger partial charge in [0.1, 0.15) is 5.75 Å². The van der Waals surface area contributed by atoms with E-state index in [0.717, 1.165) is 4.88 Å². The molecule has 4 aromatic rings. The first-order valence-electron chi connectivity index (χ1n) is 8.40. The quantitative estimate of drug-likeness (QED) is 0.501. The van der Waals surface area contributed by atoms with Gasteiger partial charge in [0.25, 0.3) is 0 Å². The van der Waals surface area contributed by atoms with Crippen molar-refractivity contribution in [2.75, 3.05) is 5.32 Å². The van der Waals surface area contributed by atoms with Crippen molar-refractivity contribution < 1.29 is 9.53 Å². The molecule has 1 aromatic carbocycles. The molecular weight excluding hydrogens is 374 g/mol. The summed E-state index contributed by atoms with van der Waals surface area (Å²) in [6.45, 7) is 0. The number of carbonyl (C=O) groups is 1. The lowest BCUT2D eigenvalue weighted by atomic mass is 10.3. The van der Waals surface area contributed by atoms with Gasteiger partial charge in [0.05, 0.1) is 0 Å². The summed E-state index contributed by atoms with van der Waals surface area (Å²) >= 11 is 1.57. The molecule has 0 bridgehead atoms. The van der Waals surface area contributed by atoms with Crippen LogP contribution in [0.15, 0.2) is 78.4 Å². The molecule has 0 fully saturated rings. The SMILES string of the molecule is O=C(/C=C/c1cccs1)Nc1ccc(Oc2ccc(-n3cccn3)nn2)cc1. The maximum atomic E-state index is 12.0. The zero-order valence-electron chi connectivity index (χ0n) is 14.6. The van der Waals surface area contributed by atoms with Gasteiger partial charge in [0.15, 0.2) is 5.82 Å². The van der Waals surface area contributed by atoms with Gasteiger partial charge in [0, 0.05) is 35.1 Å². The number of anilines is 1. The van der Waals surface area contributed by atoms with Crippen LogP contribution in [0, 0.1) is 0 Å². The number of nitrogens with zero attached hydrogens (tertiary/aromatic N) is 4. The Kier molecular flexibility index (Phi) is 5.21. The average Bonchev–Trinajstić information content (AvgIpc) is 3.43. The predicted octanol–water partition coefficient (Wildman–Crippen LogP) is 4.17. The predicted molar refractivity (Wildman–Crippen MR) is 108 cm³/mol. The van der Waals surface area contributed by atoms with Crippen LogP contribution in [0.5, 0.6) is 11.6 Å². The molecule has 0 unspecified atom stereocenters. The molecule has 8 heteroatoms. The molecule has 0 aliphatic heterocycles. The number of aromatic nitrogens is 4. The molecule has 0 radical (unpaired) electrons. The van der Waals surface area contributed by atoms with Crippen molar-refractivity contribution in [3.8, 4) is 17.4 Å². The number of nitrogens with one attached hydrogen (secondary N) is 1. The average molecular weight is 389 g/mol. The molecule has 0 saturated heterocycles. The highest BCUT2D eigenvalue weighted by atomic mass is 32.1. The molecule has 0 spiro atoms. The minimum Gasteiger partial charge on any atom is -0.438 e. The Morgan fingerprint density at radius 3 is 2.64 bits per heavy atom. The summed E-state index contributed by atoms with van der Waals surface area (Å²) in [5, 5.41) is 17.0. The fourth-order valence-corrected chi connectivity index (χ4v) is 2.97. The van der Waals surface area contributed by atoms with E-state index in [1.807, 2.05) is 23.6 Å². The molecule has 4 rings (SSSR count). The highest BCUT2D eigenvalue weighted by Gasteiger charge is 2.04. The molecule has 3 aromatic heterocycles. The van der Waals surface area contributed by atoms with Crippen molar-refractivity contribution in [2.24, 2.45) is 0 Å². The van der Waals surface area contributed by atoms with Crippen LogP contribution < -0.4 is 10.1 Å². The third kappa shape index (κ3) is 4.49. The molecule has 1 amide bonds. The van der Waals surface area contributed by atoms with Crippen LogP contribution in [0.1, 0.15) is 4.88 Å². The van der Waals surface area contributed by atoms with Crippen LogP contribution in [0.3, 0.4) is 0 Å². The van der Waals surface area contributed by atoms with Gasteiger partial charge in [-0.2, -0.15) is 5.10 Å². The van der Waals surface area contributed by atoms with E-state index in [1.54, 1.807) is 70.9 Å².